The van der Waals surface area contributed by atoms with Crippen molar-refractivity contribution in [3.05, 3.63) is 65.5 Å². The van der Waals surface area contributed by atoms with E-state index in [4.69, 9.17) is 0 Å². The average Bonchev–Trinajstić information content (AvgIpc) is 2.57. The SMILES string of the molecule is O=C(CN1CCCc2ccccc21)N/N=C/c1ccc(F)cc1. The van der Waals surface area contributed by atoms with Crippen LogP contribution in [-0.2, 0) is 11.2 Å². The zero-order chi connectivity index (χ0) is 16.1. The number of amides is 1. The fraction of sp³-hybridized carbons (Fsp3) is 0.222. The van der Waals surface area contributed by atoms with E-state index in [-0.39, 0.29) is 18.3 Å². The number of nitrogens with one attached hydrogen (secondary N) is 1. The second-order valence-corrected chi connectivity index (χ2v) is 5.50. The molecule has 4 nitrogen and oxygen atoms in total. The third kappa shape index (κ3) is 3.94. The molecule has 1 N–H and O–H groups in total. The molecule has 0 atom stereocenters. The summed E-state index contributed by atoms with van der Waals surface area (Å²) in [6.07, 6.45) is 3.60. The Labute approximate surface area is 134 Å². The molecular weight excluding hydrogens is 293 g/mol. The monoisotopic (exact) mass is 311 g/mol. The maximum absolute atomic E-state index is 12.8. The Balaban J connectivity index is 1.57. The lowest BCUT2D eigenvalue weighted by molar-refractivity contribution is -0.119. The van der Waals surface area contributed by atoms with Crippen LogP contribution in [0.2, 0.25) is 0 Å². The molecular formula is C18H18FN3O. The van der Waals surface area contributed by atoms with Crippen molar-refractivity contribution in [3.8, 4) is 0 Å². The van der Waals surface area contributed by atoms with Gasteiger partial charge in [0.25, 0.3) is 5.91 Å². The van der Waals surface area contributed by atoms with Crippen LogP contribution in [0.1, 0.15) is 17.5 Å². The molecule has 0 saturated carbocycles. The van der Waals surface area contributed by atoms with E-state index in [0.29, 0.717) is 0 Å². The molecule has 1 amide bonds. The van der Waals surface area contributed by atoms with E-state index < -0.39 is 0 Å². The molecule has 1 aliphatic rings. The number of halogens is 1. The topological polar surface area (TPSA) is 44.7 Å². The smallest absolute Gasteiger partial charge is 0.259 e. The number of rotatable bonds is 4. The van der Waals surface area contributed by atoms with Gasteiger partial charge in [-0.25, -0.2) is 9.82 Å². The van der Waals surface area contributed by atoms with Crippen molar-refractivity contribution in [2.75, 3.05) is 18.0 Å². The lowest BCUT2D eigenvalue weighted by Crippen LogP contribution is -2.38. The number of anilines is 1. The Morgan fingerprint density at radius 1 is 1.22 bits per heavy atom. The zero-order valence-electron chi connectivity index (χ0n) is 12.7. The van der Waals surface area contributed by atoms with Gasteiger partial charge < -0.3 is 4.90 Å². The normalized spacial score (nSPS) is 13.9. The van der Waals surface area contributed by atoms with Crippen LogP contribution in [0.4, 0.5) is 10.1 Å². The van der Waals surface area contributed by atoms with E-state index in [1.165, 1.54) is 23.9 Å². The second kappa shape index (κ2) is 7.05. The summed E-state index contributed by atoms with van der Waals surface area (Å²) in [6, 6.07) is 14.1. The van der Waals surface area contributed by atoms with Crippen LogP contribution in [0.15, 0.2) is 53.6 Å². The van der Waals surface area contributed by atoms with Crippen LogP contribution in [0, 0.1) is 5.82 Å². The molecule has 1 aliphatic heterocycles. The first-order chi connectivity index (χ1) is 11.2. The summed E-state index contributed by atoms with van der Waals surface area (Å²) in [6.45, 7) is 1.14. The molecule has 3 rings (SSSR count). The number of carbonyl (C=O) groups excluding carboxylic acids is 1. The number of para-hydroxylation sites is 1. The Bertz CT molecular complexity index is 712. The number of fused-ring (bicyclic) bond motifs is 1. The molecule has 0 saturated heterocycles. The van der Waals surface area contributed by atoms with E-state index in [9.17, 15) is 9.18 Å². The fourth-order valence-electron chi connectivity index (χ4n) is 2.71. The lowest BCUT2D eigenvalue weighted by Gasteiger charge is -2.30. The minimum Gasteiger partial charge on any atom is -0.362 e. The van der Waals surface area contributed by atoms with Crippen molar-refractivity contribution in [3.63, 3.8) is 0 Å². The minimum atomic E-state index is -0.296. The standard InChI is InChI=1S/C18H18FN3O/c19-16-9-7-14(8-10-16)12-20-21-18(23)13-22-11-3-5-15-4-1-2-6-17(15)22/h1-2,4,6-10,12H,3,5,11,13H2,(H,21,23)/b20-12+. The Kier molecular flexibility index (Phi) is 4.66. The van der Waals surface area contributed by atoms with E-state index in [1.54, 1.807) is 12.1 Å². The van der Waals surface area contributed by atoms with Crippen LogP contribution in [-0.4, -0.2) is 25.2 Å². The number of hydrazone groups is 1. The number of hydrogen-bond acceptors (Lipinski definition) is 3. The number of carbonyl (C=O) groups is 1. The molecule has 5 heteroatoms. The Hall–Kier alpha value is -2.69. The highest BCUT2D eigenvalue weighted by Gasteiger charge is 2.18. The number of nitrogens with zero attached hydrogens (tertiary/aromatic N) is 2. The van der Waals surface area contributed by atoms with Crippen molar-refractivity contribution in [2.45, 2.75) is 12.8 Å². The van der Waals surface area contributed by atoms with Gasteiger partial charge in [-0.05, 0) is 42.2 Å². The van der Waals surface area contributed by atoms with Gasteiger partial charge in [0, 0.05) is 12.2 Å². The summed E-state index contributed by atoms with van der Waals surface area (Å²) >= 11 is 0. The molecule has 1 heterocycles. The highest BCUT2D eigenvalue weighted by Crippen LogP contribution is 2.26. The predicted molar refractivity (Wildman–Crippen MR) is 89.1 cm³/mol. The Morgan fingerprint density at radius 2 is 2.00 bits per heavy atom. The van der Waals surface area contributed by atoms with Crippen LogP contribution >= 0.6 is 0 Å². The van der Waals surface area contributed by atoms with E-state index in [0.717, 1.165) is 30.6 Å². The number of hydrogen-bond donors (Lipinski definition) is 1. The quantitative estimate of drug-likeness (QED) is 0.697. The van der Waals surface area contributed by atoms with Crippen LogP contribution in [0.3, 0.4) is 0 Å². The van der Waals surface area contributed by atoms with Gasteiger partial charge in [-0.3, -0.25) is 4.79 Å². The minimum absolute atomic E-state index is 0.167. The maximum Gasteiger partial charge on any atom is 0.259 e. The van der Waals surface area contributed by atoms with Gasteiger partial charge in [-0.2, -0.15) is 5.10 Å². The summed E-state index contributed by atoms with van der Waals surface area (Å²) in [5, 5.41) is 3.92. The molecule has 0 aliphatic carbocycles. The third-order valence-corrected chi connectivity index (χ3v) is 3.81. The van der Waals surface area contributed by atoms with Gasteiger partial charge in [0.05, 0.1) is 12.8 Å². The van der Waals surface area contributed by atoms with Gasteiger partial charge in [-0.1, -0.05) is 30.3 Å². The largest absolute Gasteiger partial charge is 0.362 e. The third-order valence-electron chi connectivity index (χ3n) is 3.81. The van der Waals surface area contributed by atoms with E-state index in [1.807, 2.05) is 18.2 Å². The van der Waals surface area contributed by atoms with Gasteiger partial charge in [0.15, 0.2) is 0 Å². The van der Waals surface area contributed by atoms with Crippen LogP contribution < -0.4 is 10.3 Å². The summed E-state index contributed by atoms with van der Waals surface area (Å²) in [5.74, 6) is -0.463. The maximum atomic E-state index is 12.8. The van der Waals surface area contributed by atoms with Crippen LogP contribution in [0.25, 0.3) is 0 Å². The van der Waals surface area contributed by atoms with E-state index in [2.05, 4.69) is 21.5 Å². The first-order valence-electron chi connectivity index (χ1n) is 7.63. The van der Waals surface area contributed by atoms with Crippen molar-refractivity contribution in [1.29, 1.82) is 0 Å². The van der Waals surface area contributed by atoms with Gasteiger partial charge in [-0.15, -0.1) is 0 Å². The first kappa shape index (κ1) is 15.2. The highest BCUT2D eigenvalue weighted by molar-refractivity contribution is 5.84. The zero-order valence-corrected chi connectivity index (χ0v) is 12.7. The lowest BCUT2D eigenvalue weighted by atomic mass is 10.0. The van der Waals surface area contributed by atoms with Crippen molar-refractivity contribution in [1.82, 2.24) is 5.43 Å². The molecule has 118 valence electrons. The van der Waals surface area contributed by atoms with Crippen LogP contribution in [0.5, 0.6) is 0 Å². The summed E-state index contributed by atoms with van der Waals surface area (Å²) in [7, 11) is 0. The number of benzene rings is 2. The van der Waals surface area contributed by atoms with Gasteiger partial charge >= 0.3 is 0 Å². The molecule has 23 heavy (non-hydrogen) atoms. The van der Waals surface area contributed by atoms with Crippen molar-refractivity contribution in [2.24, 2.45) is 5.10 Å². The molecule has 0 unspecified atom stereocenters. The van der Waals surface area contributed by atoms with Gasteiger partial charge in [0.2, 0.25) is 0 Å². The predicted octanol–water partition coefficient (Wildman–Crippen LogP) is 2.73. The second-order valence-electron chi connectivity index (χ2n) is 5.50. The van der Waals surface area contributed by atoms with Crippen molar-refractivity contribution < 1.29 is 9.18 Å². The van der Waals surface area contributed by atoms with Gasteiger partial charge in [0.1, 0.15) is 5.82 Å². The highest BCUT2D eigenvalue weighted by atomic mass is 19.1. The molecule has 0 fully saturated rings. The molecule has 2 aromatic carbocycles. The first-order valence-corrected chi connectivity index (χ1v) is 7.63. The molecule has 0 bridgehead atoms. The summed E-state index contributed by atoms with van der Waals surface area (Å²) in [4.78, 5) is 14.1. The molecule has 2 aromatic rings. The number of aryl methyl sites for hydroxylation is 1. The van der Waals surface area contributed by atoms with E-state index >= 15 is 0 Å². The average molecular weight is 311 g/mol. The summed E-state index contributed by atoms with van der Waals surface area (Å²) in [5.41, 5.74) is 5.65. The Morgan fingerprint density at radius 3 is 2.83 bits per heavy atom. The molecule has 0 spiro atoms. The molecule has 0 radical (unpaired) electrons. The fourth-order valence-corrected chi connectivity index (χ4v) is 2.71. The molecule has 0 aromatic heterocycles. The summed E-state index contributed by atoms with van der Waals surface area (Å²) < 4.78 is 12.8. The van der Waals surface area contributed by atoms with Crippen molar-refractivity contribution >= 4 is 17.8 Å².